The van der Waals surface area contributed by atoms with Crippen LogP contribution < -0.4 is 15.0 Å². The largest absolute Gasteiger partial charge is 0.491 e. The van der Waals surface area contributed by atoms with Crippen LogP contribution in [0.3, 0.4) is 0 Å². The zero-order chi connectivity index (χ0) is 10.7. The molecule has 0 saturated heterocycles. The Morgan fingerprint density at radius 1 is 1.36 bits per heavy atom. The third kappa shape index (κ3) is 1.84. The molecule has 0 aliphatic heterocycles. The molecule has 1 rings (SSSR count). The van der Waals surface area contributed by atoms with E-state index < -0.39 is 17.5 Å². The fraction of sp³-hybridized carbons (Fsp3) is 0.375. The van der Waals surface area contributed by atoms with Crippen molar-refractivity contribution in [2.75, 3.05) is 14.2 Å². The summed E-state index contributed by atoms with van der Waals surface area (Å²) in [5.41, 5.74) is -1.51. The van der Waals surface area contributed by atoms with Crippen LogP contribution in [0.25, 0.3) is 0 Å². The van der Waals surface area contributed by atoms with Gasteiger partial charge in [0.1, 0.15) is 0 Å². The SMILES string of the molecule is COc1cc(C(F)F)c(=O)[nH]c1OC. The molecule has 4 nitrogen and oxygen atoms in total. The van der Waals surface area contributed by atoms with Crippen LogP contribution in [0.4, 0.5) is 8.78 Å². The number of pyridine rings is 1. The smallest absolute Gasteiger partial charge is 0.269 e. The Kier molecular flexibility index (Phi) is 3.06. The van der Waals surface area contributed by atoms with Crippen molar-refractivity contribution in [2.45, 2.75) is 6.43 Å². The number of hydrogen-bond donors (Lipinski definition) is 1. The van der Waals surface area contributed by atoms with Crippen LogP contribution >= 0.6 is 0 Å². The molecule has 1 aromatic heterocycles. The van der Waals surface area contributed by atoms with E-state index in [1.165, 1.54) is 14.2 Å². The van der Waals surface area contributed by atoms with Crippen molar-refractivity contribution in [3.63, 3.8) is 0 Å². The zero-order valence-corrected chi connectivity index (χ0v) is 7.64. The number of aromatic amines is 1. The van der Waals surface area contributed by atoms with Crippen molar-refractivity contribution in [1.82, 2.24) is 4.98 Å². The van der Waals surface area contributed by atoms with Crippen molar-refractivity contribution in [1.29, 1.82) is 0 Å². The van der Waals surface area contributed by atoms with Crippen LogP contribution in [0.15, 0.2) is 10.9 Å². The van der Waals surface area contributed by atoms with Crippen LogP contribution in [-0.4, -0.2) is 19.2 Å². The van der Waals surface area contributed by atoms with Crippen molar-refractivity contribution in [3.8, 4) is 11.6 Å². The van der Waals surface area contributed by atoms with Crippen molar-refractivity contribution < 1.29 is 18.3 Å². The minimum atomic E-state index is -2.83. The molecule has 0 radical (unpaired) electrons. The second kappa shape index (κ2) is 4.08. The first kappa shape index (κ1) is 10.5. The Morgan fingerprint density at radius 3 is 2.43 bits per heavy atom. The summed E-state index contributed by atoms with van der Waals surface area (Å²) in [6.07, 6.45) is -2.83. The quantitative estimate of drug-likeness (QED) is 0.809. The first-order valence-electron chi connectivity index (χ1n) is 3.73. The topological polar surface area (TPSA) is 51.3 Å². The maximum absolute atomic E-state index is 12.3. The molecule has 0 aliphatic carbocycles. The lowest BCUT2D eigenvalue weighted by Gasteiger charge is -2.07. The molecule has 0 atom stereocenters. The van der Waals surface area contributed by atoms with Gasteiger partial charge in [-0.1, -0.05) is 0 Å². The van der Waals surface area contributed by atoms with E-state index in [1.807, 2.05) is 0 Å². The Bertz CT molecular complexity index is 375. The van der Waals surface area contributed by atoms with Crippen LogP contribution in [0.1, 0.15) is 12.0 Å². The standard InChI is InChI=1S/C8H9F2NO3/c1-13-5-3-4(6(9)10)7(12)11-8(5)14-2/h3,6H,1-2H3,(H,11,12). The van der Waals surface area contributed by atoms with Gasteiger partial charge < -0.3 is 9.47 Å². The third-order valence-corrected chi connectivity index (χ3v) is 1.66. The number of aromatic nitrogens is 1. The lowest BCUT2D eigenvalue weighted by atomic mass is 10.3. The Morgan fingerprint density at radius 2 is 2.00 bits per heavy atom. The lowest BCUT2D eigenvalue weighted by molar-refractivity contribution is 0.149. The van der Waals surface area contributed by atoms with Crippen LogP contribution in [0.2, 0.25) is 0 Å². The van der Waals surface area contributed by atoms with E-state index in [1.54, 1.807) is 0 Å². The highest BCUT2D eigenvalue weighted by Gasteiger charge is 2.16. The molecule has 1 heterocycles. The van der Waals surface area contributed by atoms with E-state index in [4.69, 9.17) is 9.47 Å². The van der Waals surface area contributed by atoms with Gasteiger partial charge in [0.2, 0.25) is 5.88 Å². The van der Waals surface area contributed by atoms with Gasteiger partial charge in [0.15, 0.2) is 5.75 Å². The van der Waals surface area contributed by atoms with E-state index >= 15 is 0 Å². The van der Waals surface area contributed by atoms with Gasteiger partial charge >= 0.3 is 0 Å². The number of rotatable bonds is 3. The number of alkyl halides is 2. The van der Waals surface area contributed by atoms with E-state index in [2.05, 4.69) is 4.98 Å². The maximum Gasteiger partial charge on any atom is 0.269 e. The Balaban J connectivity index is 3.31. The highest BCUT2D eigenvalue weighted by atomic mass is 19.3. The second-order valence-electron chi connectivity index (χ2n) is 2.46. The normalized spacial score (nSPS) is 10.4. The van der Waals surface area contributed by atoms with Crippen molar-refractivity contribution in [3.05, 3.63) is 22.0 Å². The van der Waals surface area contributed by atoms with E-state index in [9.17, 15) is 13.6 Å². The minimum absolute atomic E-state index is 0.0295. The van der Waals surface area contributed by atoms with Gasteiger partial charge in [-0.15, -0.1) is 0 Å². The number of H-pyrrole nitrogens is 1. The number of halogens is 2. The molecule has 14 heavy (non-hydrogen) atoms. The molecular formula is C8H9F2NO3. The summed E-state index contributed by atoms with van der Waals surface area (Å²) < 4.78 is 34.0. The number of methoxy groups -OCH3 is 2. The van der Waals surface area contributed by atoms with E-state index in [0.29, 0.717) is 0 Å². The third-order valence-electron chi connectivity index (χ3n) is 1.66. The average Bonchev–Trinajstić information content (AvgIpc) is 2.16. The van der Waals surface area contributed by atoms with Gasteiger partial charge in [-0.25, -0.2) is 8.78 Å². The maximum atomic E-state index is 12.3. The second-order valence-corrected chi connectivity index (χ2v) is 2.46. The molecule has 0 spiro atoms. The molecule has 0 bridgehead atoms. The van der Waals surface area contributed by atoms with Gasteiger partial charge in [-0.3, -0.25) is 9.78 Å². The molecule has 0 aliphatic rings. The fourth-order valence-electron chi connectivity index (χ4n) is 0.975. The predicted molar refractivity (Wildman–Crippen MR) is 45.1 cm³/mol. The highest BCUT2D eigenvalue weighted by molar-refractivity contribution is 5.36. The molecule has 6 heteroatoms. The molecule has 1 N–H and O–H groups in total. The first-order valence-corrected chi connectivity index (χ1v) is 3.73. The van der Waals surface area contributed by atoms with Crippen LogP contribution in [0, 0.1) is 0 Å². The van der Waals surface area contributed by atoms with E-state index in [0.717, 1.165) is 6.07 Å². The van der Waals surface area contributed by atoms with Gasteiger partial charge in [0, 0.05) is 6.07 Å². The molecule has 78 valence electrons. The van der Waals surface area contributed by atoms with E-state index in [-0.39, 0.29) is 11.6 Å². The zero-order valence-electron chi connectivity index (χ0n) is 7.64. The van der Waals surface area contributed by atoms with Crippen LogP contribution in [0.5, 0.6) is 11.6 Å². The molecular weight excluding hydrogens is 196 g/mol. The fourth-order valence-corrected chi connectivity index (χ4v) is 0.975. The summed E-state index contributed by atoms with van der Waals surface area (Å²) in [6, 6.07) is 0.961. The number of ether oxygens (including phenoxy) is 2. The lowest BCUT2D eigenvalue weighted by Crippen LogP contribution is -2.14. The summed E-state index contributed by atoms with van der Waals surface area (Å²) >= 11 is 0. The van der Waals surface area contributed by atoms with Crippen molar-refractivity contribution in [2.24, 2.45) is 0 Å². The van der Waals surface area contributed by atoms with Crippen molar-refractivity contribution >= 4 is 0 Å². The Hall–Kier alpha value is -1.59. The summed E-state index contributed by atoms with van der Waals surface area (Å²) in [7, 11) is 2.60. The molecule has 0 unspecified atom stereocenters. The molecule has 0 fully saturated rings. The average molecular weight is 205 g/mol. The van der Waals surface area contributed by atoms with Gasteiger partial charge in [0.05, 0.1) is 19.8 Å². The van der Waals surface area contributed by atoms with Gasteiger partial charge in [-0.2, -0.15) is 0 Å². The first-order chi connectivity index (χ1) is 6.60. The number of nitrogens with one attached hydrogen (secondary N) is 1. The molecule has 0 amide bonds. The predicted octanol–water partition coefficient (Wildman–Crippen LogP) is 1.33. The summed E-state index contributed by atoms with van der Waals surface area (Å²) in [4.78, 5) is 13.2. The minimum Gasteiger partial charge on any atom is -0.491 e. The summed E-state index contributed by atoms with van der Waals surface area (Å²) in [5.74, 6) is 0.101. The number of hydrogen-bond acceptors (Lipinski definition) is 3. The van der Waals surface area contributed by atoms with Gasteiger partial charge in [0.25, 0.3) is 12.0 Å². The summed E-state index contributed by atoms with van der Waals surface area (Å²) in [6.45, 7) is 0. The Labute approximate surface area is 78.5 Å². The van der Waals surface area contributed by atoms with Crippen LogP contribution in [-0.2, 0) is 0 Å². The molecule has 1 aromatic rings. The highest BCUT2D eigenvalue weighted by Crippen LogP contribution is 2.26. The molecule has 0 aromatic carbocycles. The molecule has 0 saturated carbocycles. The monoisotopic (exact) mass is 205 g/mol. The van der Waals surface area contributed by atoms with Gasteiger partial charge in [-0.05, 0) is 0 Å². The summed E-state index contributed by atoms with van der Waals surface area (Å²) in [5, 5.41) is 0.